The number of hydrogen-bond donors (Lipinski definition) is 1. The van der Waals surface area contributed by atoms with E-state index in [0.717, 1.165) is 21.9 Å². The van der Waals surface area contributed by atoms with Gasteiger partial charge in [0.05, 0.1) is 26.3 Å². The molecule has 1 N–H and O–H groups in total. The summed E-state index contributed by atoms with van der Waals surface area (Å²) >= 11 is 1.53. The predicted octanol–water partition coefficient (Wildman–Crippen LogP) is 3.21. The second-order valence-corrected chi connectivity index (χ2v) is 6.35. The van der Waals surface area contributed by atoms with Crippen LogP contribution in [0.4, 0.5) is 5.69 Å². The van der Waals surface area contributed by atoms with E-state index in [1.165, 1.54) is 11.3 Å². The Labute approximate surface area is 144 Å². The molecule has 0 saturated heterocycles. The van der Waals surface area contributed by atoms with E-state index in [1.54, 1.807) is 20.3 Å². The van der Waals surface area contributed by atoms with E-state index in [2.05, 4.69) is 10.3 Å². The van der Waals surface area contributed by atoms with Crippen molar-refractivity contribution >= 4 is 27.9 Å². The van der Waals surface area contributed by atoms with Gasteiger partial charge in [-0.25, -0.2) is 4.98 Å². The van der Waals surface area contributed by atoms with Crippen molar-refractivity contribution in [3.63, 3.8) is 0 Å². The third kappa shape index (κ3) is 3.07. The zero-order valence-electron chi connectivity index (χ0n) is 14.0. The summed E-state index contributed by atoms with van der Waals surface area (Å²) < 4.78 is 12.5. The standard InChI is InChI=1S/C17H19N3O3S/c1-10-5-14(22-3)15(23-4)7-13(10)19-16(21)6-12-9-24-17-18-11(2)8-20(12)17/h5,7-9H,6H2,1-4H3,(H,19,21). The fraction of sp³-hybridized carbons (Fsp3) is 0.294. The Morgan fingerprint density at radius 3 is 2.67 bits per heavy atom. The molecule has 2 aromatic heterocycles. The Kier molecular flexibility index (Phi) is 4.44. The summed E-state index contributed by atoms with van der Waals surface area (Å²) in [4.78, 5) is 17.7. The van der Waals surface area contributed by atoms with E-state index in [4.69, 9.17) is 9.47 Å². The molecular weight excluding hydrogens is 326 g/mol. The first kappa shape index (κ1) is 16.3. The van der Waals surface area contributed by atoms with Gasteiger partial charge in [0, 0.05) is 29.0 Å². The quantitative estimate of drug-likeness (QED) is 0.771. The molecule has 6 nitrogen and oxygen atoms in total. The number of carbonyl (C=O) groups is 1. The third-order valence-corrected chi connectivity index (χ3v) is 4.64. The highest BCUT2D eigenvalue weighted by atomic mass is 32.1. The molecule has 0 fully saturated rings. The number of rotatable bonds is 5. The number of hydrogen-bond acceptors (Lipinski definition) is 5. The number of amides is 1. The van der Waals surface area contributed by atoms with Gasteiger partial charge in [-0.05, 0) is 25.5 Å². The van der Waals surface area contributed by atoms with Crippen molar-refractivity contribution in [1.29, 1.82) is 0 Å². The van der Waals surface area contributed by atoms with Crippen molar-refractivity contribution in [3.8, 4) is 11.5 Å². The van der Waals surface area contributed by atoms with E-state index in [1.807, 2.05) is 35.9 Å². The first-order valence-electron chi connectivity index (χ1n) is 7.46. The van der Waals surface area contributed by atoms with E-state index in [0.29, 0.717) is 17.2 Å². The third-order valence-electron chi connectivity index (χ3n) is 3.75. The average Bonchev–Trinajstić information content (AvgIpc) is 3.09. The van der Waals surface area contributed by atoms with E-state index in [9.17, 15) is 4.79 Å². The first-order chi connectivity index (χ1) is 11.5. The molecule has 0 unspecified atom stereocenters. The minimum absolute atomic E-state index is 0.0867. The SMILES string of the molecule is COc1cc(C)c(NC(=O)Cc2csc3nc(C)cn23)cc1OC. The van der Waals surface area contributed by atoms with Crippen LogP contribution < -0.4 is 14.8 Å². The Bertz CT molecular complexity index is 898. The lowest BCUT2D eigenvalue weighted by atomic mass is 10.1. The van der Waals surface area contributed by atoms with Crippen LogP contribution in [0.5, 0.6) is 11.5 Å². The minimum Gasteiger partial charge on any atom is -0.493 e. The van der Waals surface area contributed by atoms with Crippen LogP contribution in [-0.4, -0.2) is 29.5 Å². The molecule has 3 rings (SSSR count). The number of thiazole rings is 1. The number of aryl methyl sites for hydroxylation is 2. The normalized spacial score (nSPS) is 10.8. The second kappa shape index (κ2) is 6.52. The Balaban J connectivity index is 1.79. The van der Waals surface area contributed by atoms with Gasteiger partial charge in [0.15, 0.2) is 16.5 Å². The first-order valence-corrected chi connectivity index (χ1v) is 8.34. The van der Waals surface area contributed by atoms with Crippen LogP contribution in [0.3, 0.4) is 0 Å². The van der Waals surface area contributed by atoms with Crippen LogP contribution in [0, 0.1) is 13.8 Å². The van der Waals surface area contributed by atoms with Gasteiger partial charge in [-0.3, -0.25) is 9.20 Å². The lowest BCUT2D eigenvalue weighted by Crippen LogP contribution is -2.16. The summed E-state index contributed by atoms with van der Waals surface area (Å²) in [5.41, 5.74) is 3.49. The molecule has 126 valence electrons. The van der Waals surface area contributed by atoms with Crippen molar-refractivity contribution in [2.45, 2.75) is 20.3 Å². The summed E-state index contributed by atoms with van der Waals surface area (Å²) in [6, 6.07) is 3.62. The number of anilines is 1. The van der Waals surface area contributed by atoms with Gasteiger partial charge >= 0.3 is 0 Å². The largest absolute Gasteiger partial charge is 0.493 e. The molecule has 0 spiro atoms. The van der Waals surface area contributed by atoms with Crippen LogP contribution in [-0.2, 0) is 11.2 Å². The molecule has 2 heterocycles. The fourth-order valence-electron chi connectivity index (χ4n) is 2.54. The number of ether oxygens (including phenoxy) is 2. The summed E-state index contributed by atoms with van der Waals surface area (Å²) in [7, 11) is 3.16. The number of carbonyl (C=O) groups excluding carboxylic acids is 1. The zero-order chi connectivity index (χ0) is 17.3. The maximum atomic E-state index is 12.4. The number of aromatic nitrogens is 2. The van der Waals surface area contributed by atoms with Crippen LogP contribution in [0.15, 0.2) is 23.7 Å². The summed E-state index contributed by atoms with van der Waals surface area (Å²) in [5, 5.41) is 4.90. The van der Waals surface area contributed by atoms with Crippen LogP contribution in [0.1, 0.15) is 17.0 Å². The molecule has 0 aliphatic rings. The molecule has 0 saturated carbocycles. The van der Waals surface area contributed by atoms with Crippen molar-refractivity contribution in [2.24, 2.45) is 0 Å². The smallest absolute Gasteiger partial charge is 0.230 e. The molecule has 24 heavy (non-hydrogen) atoms. The molecule has 1 amide bonds. The van der Waals surface area contributed by atoms with Gasteiger partial charge in [-0.1, -0.05) is 0 Å². The monoisotopic (exact) mass is 345 g/mol. The second-order valence-electron chi connectivity index (χ2n) is 5.51. The summed E-state index contributed by atoms with van der Waals surface area (Å²) in [6.07, 6.45) is 2.22. The van der Waals surface area contributed by atoms with E-state index < -0.39 is 0 Å². The molecule has 0 atom stereocenters. The molecule has 0 radical (unpaired) electrons. The molecule has 7 heteroatoms. The highest BCUT2D eigenvalue weighted by Gasteiger charge is 2.14. The van der Waals surface area contributed by atoms with Gasteiger partial charge in [0.25, 0.3) is 0 Å². The number of fused-ring (bicyclic) bond motifs is 1. The molecule has 0 bridgehead atoms. The van der Waals surface area contributed by atoms with Gasteiger partial charge in [0.1, 0.15) is 0 Å². The Morgan fingerprint density at radius 2 is 1.96 bits per heavy atom. The fourth-order valence-corrected chi connectivity index (χ4v) is 3.46. The van der Waals surface area contributed by atoms with Crippen LogP contribution in [0.25, 0.3) is 4.96 Å². The predicted molar refractivity (Wildman–Crippen MR) is 94.4 cm³/mol. The average molecular weight is 345 g/mol. The zero-order valence-corrected chi connectivity index (χ0v) is 14.9. The Morgan fingerprint density at radius 1 is 1.25 bits per heavy atom. The van der Waals surface area contributed by atoms with E-state index in [-0.39, 0.29) is 12.3 Å². The van der Waals surface area contributed by atoms with Gasteiger partial charge in [-0.15, -0.1) is 11.3 Å². The molecule has 0 aliphatic carbocycles. The molecule has 3 aromatic rings. The van der Waals surface area contributed by atoms with Gasteiger partial charge < -0.3 is 14.8 Å². The van der Waals surface area contributed by atoms with Crippen LogP contribution in [0.2, 0.25) is 0 Å². The lowest BCUT2D eigenvalue weighted by Gasteiger charge is -2.13. The van der Waals surface area contributed by atoms with Crippen molar-refractivity contribution in [1.82, 2.24) is 9.38 Å². The van der Waals surface area contributed by atoms with E-state index >= 15 is 0 Å². The van der Waals surface area contributed by atoms with Crippen LogP contribution >= 0.6 is 11.3 Å². The maximum Gasteiger partial charge on any atom is 0.230 e. The van der Waals surface area contributed by atoms with Gasteiger partial charge in [0.2, 0.25) is 5.91 Å². The van der Waals surface area contributed by atoms with Crippen molar-refractivity contribution in [3.05, 3.63) is 40.7 Å². The number of benzene rings is 1. The number of methoxy groups -OCH3 is 2. The number of nitrogens with zero attached hydrogens (tertiary/aromatic N) is 2. The van der Waals surface area contributed by atoms with Crippen molar-refractivity contribution in [2.75, 3.05) is 19.5 Å². The number of imidazole rings is 1. The highest BCUT2D eigenvalue weighted by molar-refractivity contribution is 7.15. The summed E-state index contributed by atoms with van der Waals surface area (Å²) in [6.45, 7) is 3.86. The van der Waals surface area contributed by atoms with Crippen molar-refractivity contribution < 1.29 is 14.3 Å². The lowest BCUT2D eigenvalue weighted by molar-refractivity contribution is -0.115. The molecule has 0 aliphatic heterocycles. The molecular formula is C17H19N3O3S. The minimum atomic E-state index is -0.0867. The maximum absolute atomic E-state index is 12.4. The summed E-state index contributed by atoms with van der Waals surface area (Å²) in [5.74, 6) is 1.14. The van der Waals surface area contributed by atoms with Gasteiger partial charge in [-0.2, -0.15) is 0 Å². The molecule has 1 aromatic carbocycles. The number of nitrogens with one attached hydrogen (secondary N) is 1. The topological polar surface area (TPSA) is 64.9 Å². The highest BCUT2D eigenvalue weighted by Crippen LogP contribution is 2.33. The Hall–Kier alpha value is -2.54.